The van der Waals surface area contributed by atoms with Crippen molar-refractivity contribution in [3.63, 3.8) is 0 Å². The molecular weight excluding hydrogens is 816 g/mol. The Bertz CT molecular complexity index is 1420. The van der Waals surface area contributed by atoms with Gasteiger partial charge in [0.25, 0.3) is 11.9 Å². The van der Waals surface area contributed by atoms with E-state index in [2.05, 4.69) is 76.8 Å². The van der Waals surface area contributed by atoms with Gasteiger partial charge in [0.2, 0.25) is 13.6 Å². The van der Waals surface area contributed by atoms with Crippen LogP contribution in [0.3, 0.4) is 0 Å². The van der Waals surface area contributed by atoms with Gasteiger partial charge in [0.15, 0.2) is 11.5 Å². The van der Waals surface area contributed by atoms with Gasteiger partial charge in [-0.2, -0.15) is 18.6 Å². The molecule has 0 aliphatic carbocycles. The fourth-order valence-corrected chi connectivity index (χ4v) is 5.01. The summed E-state index contributed by atoms with van der Waals surface area (Å²) in [4.78, 5) is 18.0. The molecule has 0 bridgehead atoms. The van der Waals surface area contributed by atoms with Gasteiger partial charge in [-0.15, -0.1) is 9.24 Å². The Morgan fingerprint density at radius 3 is 1.49 bits per heavy atom. The summed E-state index contributed by atoms with van der Waals surface area (Å²) >= 11 is 0. The van der Waals surface area contributed by atoms with Crippen molar-refractivity contribution >= 4 is 26.5 Å². The van der Waals surface area contributed by atoms with Gasteiger partial charge < -0.3 is 33.9 Å². The summed E-state index contributed by atoms with van der Waals surface area (Å²) in [5, 5.41) is 15.8. The second-order valence-electron chi connectivity index (χ2n) is 12.5. The van der Waals surface area contributed by atoms with Gasteiger partial charge in [-0.05, 0) is 34.7 Å². The summed E-state index contributed by atoms with van der Waals surface area (Å²) in [7, 11) is 4.49. The van der Waals surface area contributed by atoms with Gasteiger partial charge in [-0.25, -0.2) is 0 Å². The molecule has 49 heavy (non-hydrogen) atoms. The van der Waals surface area contributed by atoms with Crippen molar-refractivity contribution in [2.24, 2.45) is 0 Å². The number of aryl methyl sites for hydroxylation is 1. The monoisotopic (exact) mass is 863 g/mol. The van der Waals surface area contributed by atoms with E-state index in [0.29, 0.717) is 5.75 Å². The number of carbonyl (C=O) groups is 2. The molecule has 277 valence electrons. The Hall–Kier alpha value is 0.303. The Morgan fingerprint density at radius 1 is 0.755 bits per heavy atom. The van der Waals surface area contributed by atoms with Crippen molar-refractivity contribution in [1.82, 2.24) is 0 Å². The molecule has 1 unspecified atom stereocenters. The maximum atomic E-state index is 9.00. The van der Waals surface area contributed by atoms with Crippen LogP contribution in [0.15, 0.2) is 36.4 Å². The van der Waals surface area contributed by atoms with Crippen LogP contribution in [-0.2, 0) is 39.9 Å². The third kappa shape index (κ3) is 16.1. The van der Waals surface area contributed by atoms with Gasteiger partial charge in [0.1, 0.15) is 17.2 Å². The topological polar surface area (TPSA) is 121 Å². The van der Waals surface area contributed by atoms with E-state index < -0.39 is 11.9 Å². The Labute approximate surface area is 396 Å². The first kappa shape index (κ1) is 53.7. The number of carboxylic acids is 2. The van der Waals surface area contributed by atoms with E-state index in [0.717, 1.165) is 58.8 Å². The van der Waals surface area contributed by atoms with E-state index in [4.69, 9.17) is 43.5 Å². The van der Waals surface area contributed by atoms with Crippen molar-refractivity contribution in [2.75, 3.05) is 20.7 Å². The van der Waals surface area contributed by atoms with E-state index in [1.807, 2.05) is 24.3 Å². The second-order valence-corrected chi connectivity index (χ2v) is 13.2. The zero-order valence-electron chi connectivity index (χ0n) is 29.3. The molecule has 9 nitrogen and oxygen atoms in total. The van der Waals surface area contributed by atoms with E-state index in [1.54, 1.807) is 7.11 Å². The quantitative estimate of drug-likeness (QED) is 0.156. The first-order valence-electron chi connectivity index (χ1n) is 14.3. The summed E-state index contributed by atoms with van der Waals surface area (Å²) in [5.41, 5.74) is 6.80. The standard InChI is InChI=1S/C16H26O.C15H12O4P.2C2H4O2.3Ar.Ru/c1-11-9-12(15(2,3)4)14(17-8)13(10-11)16(5,6)7;1-8-2-3-9-14(18-6-16-9)12(8)13-11(20)5-4-10-15(13)19-7-17-10;2*1-2(3)4;;;;/h9-10H,1-8H3;2-5H,1,6-7,20H2;2*1H3,(H,3,4);;;;/q;-1;;;;;;+1. The van der Waals surface area contributed by atoms with Crippen LogP contribution in [0.5, 0.6) is 28.7 Å². The molecule has 0 saturated carbocycles. The number of rotatable bonds is 2. The molecule has 2 aliphatic rings. The molecule has 0 aromatic heterocycles. The third-order valence-corrected chi connectivity index (χ3v) is 6.98. The fourth-order valence-electron chi connectivity index (χ4n) is 4.64. The van der Waals surface area contributed by atoms with E-state index >= 15 is 0 Å². The van der Waals surface area contributed by atoms with Crippen molar-refractivity contribution in [3.05, 3.63) is 65.6 Å². The maximum Gasteiger partial charge on any atom is 1.00 e. The Balaban J connectivity index is -0.000000671. The Morgan fingerprint density at radius 2 is 1.12 bits per heavy atom. The molecule has 1 atom stereocenters. The van der Waals surface area contributed by atoms with Crippen molar-refractivity contribution in [1.29, 1.82) is 0 Å². The van der Waals surface area contributed by atoms with Crippen LogP contribution < -0.4 is 29.0 Å². The van der Waals surface area contributed by atoms with Crippen molar-refractivity contribution in [2.45, 2.75) is 73.1 Å². The van der Waals surface area contributed by atoms with Gasteiger partial charge >= 0.3 is 19.5 Å². The number of hydrogen-bond acceptors (Lipinski definition) is 7. The second kappa shape index (κ2) is 23.9. The average molecular weight is 863 g/mol. The molecule has 0 spiro atoms. The smallest absolute Gasteiger partial charge is 0.496 e. The van der Waals surface area contributed by atoms with Gasteiger partial charge in [0, 0.05) is 138 Å². The number of hydrogen-bond donors (Lipinski definition) is 2. The number of carboxylic acid groups (broad SMARTS) is 2. The molecule has 2 N–H and O–H groups in total. The predicted octanol–water partition coefficient (Wildman–Crippen LogP) is 7.27. The van der Waals surface area contributed by atoms with E-state index in [-0.39, 0.29) is 157 Å². The predicted molar refractivity (Wildman–Crippen MR) is 180 cm³/mol. The molecule has 0 fully saturated rings. The molecule has 0 amide bonds. The van der Waals surface area contributed by atoms with Gasteiger partial charge in [-0.1, -0.05) is 76.9 Å². The molecule has 2 aliphatic heterocycles. The number of fused-ring (bicyclic) bond motifs is 2. The van der Waals surface area contributed by atoms with Crippen molar-refractivity contribution < 1.29 is 176 Å². The minimum atomic E-state index is -0.833. The van der Waals surface area contributed by atoms with Crippen LogP contribution >= 0.6 is 9.24 Å². The zero-order valence-corrected chi connectivity index (χ0v) is 34.3. The summed E-state index contributed by atoms with van der Waals surface area (Å²) in [6.45, 7) is 22.3. The minimum Gasteiger partial charge on any atom is -0.496 e. The van der Waals surface area contributed by atoms with Crippen LogP contribution in [-0.4, -0.2) is 42.8 Å². The molecule has 3 aromatic rings. The van der Waals surface area contributed by atoms with E-state index in [9.17, 15) is 0 Å². The van der Waals surface area contributed by atoms with Gasteiger partial charge in [0.05, 0.1) is 7.11 Å². The SMILES string of the molecule is CC(=O)O.CC(=O)O.COc1c(C(C)(C)C)cc(C)cc1C(C)(C)C.[Ar].[Ar].[Ar].[CH2-]c1ccc2c(c1-c1c(P)ccc3c1OCO3)OCO2.[Ru+]. The van der Waals surface area contributed by atoms with Crippen LogP contribution in [0.25, 0.3) is 11.1 Å². The maximum absolute atomic E-state index is 9.00. The van der Waals surface area contributed by atoms with Crippen LogP contribution in [0, 0.1) is 127 Å². The summed E-state index contributed by atoms with van der Waals surface area (Å²) in [6, 6.07) is 12.2. The van der Waals surface area contributed by atoms with Gasteiger partial charge in [-0.3, -0.25) is 9.59 Å². The largest absolute Gasteiger partial charge is 1.00 e. The summed E-state index contributed by atoms with van der Waals surface area (Å²) < 4.78 is 27.8. The third-order valence-electron chi connectivity index (χ3n) is 6.50. The minimum absolute atomic E-state index is 0. The average Bonchev–Trinajstić information content (AvgIpc) is 3.57. The first-order valence-corrected chi connectivity index (χ1v) is 14.9. The normalized spacial score (nSPS) is 11.4. The summed E-state index contributed by atoms with van der Waals surface area (Å²) in [5.74, 6) is 2.29. The number of ether oxygens (including phenoxy) is 5. The zero-order chi connectivity index (χ0) is 34.3. The molecule has 0 saturated heterocycles. The molecule has 14 heteroatoms. The van der Waals surface area contributed by atoms with Crippen LogP contribution in [0.2, 0.25) is 0 Å². The Kier molecular flexibility index (Phi) is 26.1. The molecular formula is C35H46Ar3O9PRu. The summed E-state index contributed by atoms with van der Waals surface area (Å²) in [6.07, 6.45) is 0. The fraction of sp³-hybridized carbons (Fsp3) is 0.400. The molecule has 5 rings (SSSR count). The number of methoxy groups -OCH3 is 1. The van der Waals surface area contributed by atoms with Crippen LogP contribution in [0.1, 0.15) is 77.6 Å². The van der Waals surface area contributed by atoms with Crippen LogP contribution in [0.4, 0.5) is 0 Å². The molecule has 1 radical (unpaired) electrons. The molecule has 3 aromatic carbocycles. The first-order chi connectivity index (χ1) is 20.8. The number of aliphatic carboxylic acids is 2. The number of benzene rings is 3. The molecule has 2 heterocycles. The van der Waals surface area contributed by atoms with E-state index in [1.165, 1.54) is 16.7 Å². The van der Waals surface area contributed by atoms with Crippen molar-refractivity contribution in [3.8, 4) is 39.9 Å².